The van der Waals surface area contributed by atoms with E-state index < -0.39 is 0 Å². The fourth-order valence-electron chi connectivity index (χ4n) is 1.72. The third-order valence-corrected chi connectivity index (χ3v) is 2.70. The summed E-state index contributed by atoms with van der Waals surface area (Å²) in [6, 6.07) is 4.09. The number of unbranched alkanes of at least 4 members (excludes halogenated alkanes) is 2. The van der Waals surface area contributed by atoms with Gasteiger partial charge in [-0.3, -0.25) is 4.99 Å². The lowest BCUT2D eigenvalue weighted by molar-refractivity contribution is 0.662. The highest BCUT2D eigenvalue weighted by atomic mass is 127. The molecule has 0 aliphatic carbocycles. The van der Waals surface area contributed by atoms with E-state index in [1.807, 2.05) is 12.1 Å². The van der Waals surface area contributed by atoms with Crippen LogP contribution in [0.15, 0.2) is 29.5 Å². The highest BCUT2D eigenvalue weighted by Crippen LogP contribution is 1.93. The molecule has 0 radical (unpaired) electrons. The third kappa shape index (κ3) is 8.91. The van der Waals surface area contributed by atoms with E-state index in [1.165, 1.54) is 19.3 Å². The van der Waals surface area contributed by atoms with E-state index in [1.54, 1.807) is 0 Å². The smallest absolute Gasteiger partial charge is 0.191 e. The van der Waals surface area contributed by atoms with Crippen molar-refractivity contribution in [2.45, 2.75) is 39.7 Å². The molecule has 2 N–H and O–H groups in total. The molecule has 1 aromatic rings. The maximum absolute atomic E-state index is 4.55. The number of aromatic nitrogens is 1. The first-order valence-corrected chi connectivity index (χ1v) is 6.99. The zero-order chi connectivity index (χ0) is 13.1. The molecule has 0 unspecified atom stereocenters. The molecule has 0 bridgehead atoms. The Labute approximate surface area is 134 Å². The van der Waals surface area contributed by atoms with Gasteiger partial charge in [-0.25, -0.2) is 0 Å². The Morgan fingerprint density at radius 1 is 1.11 bits per heavy atom. The fraction of sp³-hybridized carbons (Fsp3) is 0.643. The summed E-state index contributed by atoms with van der Waals surface area (Å²) in [5, 5.41) is 6.62. The number of hydrogen-bond acceptors (Lipinski definition) is 1. The van der Waals surface area contributed by atoms with E-state index in [4.69, 9.17) is 0 Å². The molecule has 1 heterocycles. The second kappa shape index (κ2) is 12.3. The van der Waals surface area contributed by atoms with E-state index in [-0.39, 0.29) is 24.0 Å². The molecule has 0 amide bonds. The Hall–Kier alpha value is -0.720. The summed E-state index contributed by atoms with van der Waals surface area (Å²) >= 11 is 0. The van der Waals surface area contributed by atoms with E-state index >= 15 is 0 Å². The van der Waals surface area contributed by atoms with Crippen LogP contribution >= 0.6 is 24.0 Å². The number of rotatable bonds is 8. The van der Waals surface area contributed by atoms with Crippen molar-refractivity contribution in [2.24, 2.45) is 4.99 Å². The molecule has 1 aromatic heterocycles. The van der Waals surface area contributed by atoms with E-state index in [0.717, 1.165) is 32.1 Å². The van der Waals surface area contributed by atoms with Crippen molar-refractivity contribution < 1.29 is 0 Å². The van der Waals surface area contributed by atoms with Gasteiger partial charge in [-0.2, -0.15) is 0 Å². The van der Waals surface area contributed by atoms with Gasteiger partial charge < -0.3 is 15.2 Å². The second-order valence-corrected chi connectivity index (χ2v) is 4.32. The number of guanidine groups is 1. The van der Waals surface area contributed by atoms with Crippen LogP contribution in [0, 0.1) is 0 Å². The second-order valence-electron chi connectivity index (χ2n) is 4.32. The monoisotopic (exact) mass is 378 g/mol. The van der Waals surface area contributed by atoms with Crippen LogP contribution in [0.3, 0.4) is 0 Å². The first-order valence-electron chi connectivity index (χ1n) is 6.99. The van der Waals surface area contributed by atoms with Crippen LogP contribution in [0.4, 0.5) is 0 Å². The Balaban J connectivity index is 0.00000324. The summed E-state index contributed by atoms with van der Waals surface area (Å²) in [7, 11) is 0. The molecule has 110 valence electrons. The van der Waals surface area contributed by atoms with Crippen molar-refractivity contribution in [1.29, 1.82) is 0 Å². The Bertz CT molecular complexity index is 322. The van der Waals surface area contributed by atoms with Crippen LogP contribution in [0.2, 0.25) is 0 Å². The van der Waals surface area contributed by atoms with E-state index in [0.29, 0.717) is 0 Å². The largest absolute Gasteiger partial charge is 0.357 e. The summed E-state index contributed by atoms with van der Waals surface area (Å²) in [5.41, 5.74) is 0. The zero-order valence-corrected chi connectivity index (χ0v) is 14.4. The molecule has 1 rings (SSSR count). The van der Waals surface area contributed by atoms with Gasteiger partial charge in [0.25, 0.3) is 0 Å². The van der Waals surface area contributed by atoms with E-state index in [9.17, 15) is 0 Å². The lowest BCUT2D eigenvalue weighted by atomic mass is 10.2. The van der Waals surface area contributed by atoms with Gasteiger partial charge >= 0.3 is 0 Å². The molecule has 0 aliphatic rings. The summed E-state index contributed by atoms with van der Waals surface area (Å²) in [6.45, 7) is 7.98. The standard InChI is InChI=1S/C14H26N4.HI/c1-3-5-6-9-16-14(15-4-2)17-10-13-18-11-7-8-12-18;/h7-8,11-12H,3-6,9-10,13H2,1-2H3,(H2,15,16,17);1H. The van der Waals surface area contributed by atoms with Gasteiger partial charge in [-0.05, 0) is 25.5 Å². The Morgan fingerprint density at radius 3 is 2.47 bits per heavy atom. The van der Waals surface area contributed by atoms with Crippen molar-refractivity contribution in [3.05, 3.63) is 24.5 Å². The molecule has 0 aromatic carbocycles. The van der Waals surface area contributed by atoms with Crippen LogP contribution in [-0.2, 0) is 6.54 Å². The molecule has 0 atom stereocenters. The first-order chi connectivity index (χ1) is 8.86. The summed E-state index contributed by atoms with van der Waals surface area (Å²) in [4.78, 5) is 4.55. The number of halogens is 1. The van der Waals surface area contributed by atoms with Gasteiger partial charge in [-0.1, -0.05) is 19.8 Å². The highest BCUT2D eigenvalue weighted by molar-refractivity contribution is 14.0. The average molecular weight is 378 g/mol. The summed E-state index contributed by atoms with van der Waals surface area (Å²) in [5.74, 6) is 0.931. The molecular formula is C14H27IN4. The van der Waals surface area contributed by atoms with Gasteiger partial charge in [0.2, 0.25) is 0 Å². The van der Waals surface area contributed by atoms with Gasteiger partial charge in [0.1, 0.15) is 0 Å². The topological polar surface area (TPSA) is 41.4 Å². The lowest BCUT2D eigenvalue weighted by Gasteiger charge is -2.11. The summed E-state index contributed by atoms with van der Waals surface area (Å²) < 4.78 is 2.16. The van der Waals surface area contributed by atoms with Gasteiger partial charge in [-0.15, -0.1) is 24.0 Å². The van der Waals surface area contributed by atoms with Crippen molar-refractivity contribution in [2.75, 3.05) is 19.6 Å². The predicted molar refractivity (Wildman–Crippen MR) is 93.4 cm³/mol. The molecule has 19 heavy (non-hydrogen) atoms. The average Bonchev–Trinajstić information content (AvgIpc) is 2.87. The molecule has 0 saturated carbocycles. The molecular weight excluding hydrogens is 351 g/mol. The maximum atomic E-state index is 4.55. The van der Waals surface area contributed by atoms with Gasteiger partial charge in [0, 0.05) is 38.6 Å². The highest BCUT2D eigenvalue weighted by Gasteiger charge is 1.96. The number of nitrogens with one attached hydrogen (secondary N) is 2. The molecule has 0 spiro atoms. The summed E-state index contributed by atoms with van der Waals surface area (Å²) in [6.07, 6.45) is 7.82. The van der Waals surface area contributed by atoms with Crippen molar-refractivity contribution >= 4 is 29.9 Å². The molecule has 4 nitrogen and oxygen atoms in total. The predicted octanol–water partition coefficient (Wildman–Crippen LogP) is 2.85. The van der Waals surface area contributed by atoms with Crippen LogP contribution < -0.4 is 10.6 Å². The van der Waals surface area contributed by atoms with Crippen LogP contribution in [0.1, 0.15) is 33.1 Å². The fourth-order valence-corrected chi connectivity index (χ4v) is 1.72. The van der Waals surface area contributed by atoms with Crippen LogP contribution in [-0.4, -0.2) is 30.2 Å². The van der Waals surface area contributed by atoms with Crippen molar-refractivity contribution in [3.8, 4) is 0 Å². The van der Waals surface area contributed by atoms with Gasteiger partial charge in [0.05, 0.1) is 0 Å². The molecule has 0 fully saturated rings. The van der Waals surface area contributed by atoms with Crippen LogP contribution in [0.25, 0.3) is 0 Å². The zero-order valence-electron chi connectivity index (χ0n) is 12.1. The number of hydrogen-bond donors (Lipinski definition) is 2. The lowest BCUT2D eigenvalue weighted by Crippen LogP contribution is -2.38. The molecule has 5 heteroatoms. The van der Waals surface area contributed by atoms with Gasteiger partial charge in [0.15, 0.2) is 5.96 Å². The van der Waals surface area contributed by atoms with E-state index in [2.05, 4.69) is 46.4 Å². The molecule has 0 saturated heterocycles. The van der Waals surface area contributed by atoms with Crippen molar-refractivity contribution in [1.82, 2.24) is 15.2 Å². The maximum Gasteiger partial charge on any atom is 0.191 e. The minimum Gasteiger partial charge on any atom is -0.357 e. The van der Waals surface area contributed by atoms with Crippen LogP contribution in [0.5, 0.6) is 0 Å². The molecule has 0 aliphatic heterocycles. The number of nitrogens with zero attached hydrogens (tertiary/aromatic N) is 2. The SMILES string of the molecule is CCCCCN=C(NCC)NCCn1cccc1.I. The quantitative estimate of drug-likeness (QED) is 0.316. The minimum atomic E-state index is 0. The van der Waals surface area contributed by atoms with Crippen molar-refractivity contribution in [3.63, 3.8) is 0 Å². The minimum absolute atomic E-state index is 0. The number of aliphatic imine (C=N–C) groups is 1. The third-order valence-electron chi connectivity index (χ3n) is 2.70. The Kier molecular flexibility index (Phi) is 11.9. The normalized spacial score (nSPS) is 10.9. The first kappa shape index (κ1) is 18.3. The Morgan fingerprint density at radius 2 is 1.84 bits per heavy atom.